The monoisotopic (exact) mass is 280 g/mol. The van der Waals surface area contributed by atoms with Gasteiger partial charge in [0.2, 0.25) is 0 Å². The van der Waals surface area contributed by atoms with E-state index >= 15 is 0 Å². The Hall–Kier alpha value is -2.08. The predicted octanol–water partition coefficient (Wildman–Crippen LogP) is 1.54. The molecule has 1 aromatic carbocycles. The van der Waals surface area contributed by atoms with Crippen LogP contribution in [-0.2, 0) is 9.53 Å². The van der Waals surface area contributed by atoms with Crippen LogP contribution in [0.4, 0.5) is 4.79 Å². The summed E-state index contributed by atoms with van der Waals surface area (Å²) in [4.78, 5) is 23.0. The minimum atomic E-state index is -1.10. The Balaban J connectivity index is 2.59. The van der Waals surface area contributed by atoms with E-state index in [1.165, 1.54) is 0 Å². The summed E-state index contributed by atoms with van der Waals surface area (Å²) in [5.41, 5.74) is 0.527. The molecule has 1 unspecified atom stereocenters. The summed E-state index contributed by atoms with van der Waals surface area (Å²) in [5.74, 6) is -1.10. The quantitative estimate of drug-likeness (QED) is 0.707. The highest BCUT2D eigenvalue weighted by molar-refractivity contribution is 5.83. The molecule has 110 valence electrons. The minimum Gasteiger partial charge on any atom is -0.479 e. The fourth-order valence-electron chi connectivity index (χ4n) is 1.70. The summed E-state index contributed by atoms with van der Waals surface area (Å²) < 4.78 is 4.92. The molecule has 1 aromatic rings. The van der Waals surface area contributed by atoms with Crippen LogP contribution in [-0.4, -0.2) is 36.9 Å². The van der Waals surface area contributed by atoms with Gasteiger partial charge >= 0.3 is 12.0 Å². The van der Waals surface area contributed by atoms with Crippen LogP contribution in [0, 0.1) is 0 Å². The van der Waals surface area contributed by atoms with Gasteiger partial charge in [-0.25, -0.2) is 9.59 Å². The van der Waals surface area contributed by atoms with Crippen LogP contribution in [0.5, 0.6) is 0 Å². The first-order chi connectivity index (χ1) is 9.54. The highest BCUT2D eigenvalue weighted by atomic mass is 16.5. The molecule has 2 amide bonds. The molecule has 0 radical (unpaired) electrons. The normalized spacial score (nSPS) is 13.3. The first-order valence-corrected chi connectivity index (χ1v) is 6.38. The maximum atomic E-state index is 11.8. The third-order valence-corrected chi connectivity index (χ3v) is 2.79. The van der Waals surface area contributed by atoms with Gasteiger partial charge in [-0.3, -0.25) is 0 Å². The lowest BCUT2D eigenvalue weighted by Gasteiger charge is -2.18. The molecular formula is C14H20N2O4. The molecule has 0 aliphatic heterocycles. The number of hydrogen-bond donors (Lipinski definition) is 3. The van der Waals surface area contributed by atoms with Crippen LogP contribution in [0.25, 0.3) is 0 Å². The number of carbonyl (C=O) groups excluding carboxylic acids is 1. The number of carbonyl (C=O) groups is 2. The second-order valence-corrected chi connectivity index (χ2v) is 4.48. The molecule has 0 spiro atoms. The number of carboxylic acids is 1. The molecule has 2 atom stereocenters. The number of benzene rings is 1. The molecule has 1 rings (SSSR count). The van der Waals surface area contributed by atoms with E-state index in [0.717, 1.165) is 0 Å². The van der Waals surface area contributed by atoms with Crippen molar-refractivity contribution in [3.8, 4) is 0 Å². The predicted molar refractivity (Wildman–Crippen MR) is 74.4 cm³/mol. The number of urea groups is 1. The molecule has 0 saturated carbocycles. The van der Waals surface area contributed by atoms with Crippen molar-refractivity contribution >= 4 is 12.0 Å². The number of rotatable bonds is 7. The van der Waals surface area contributed by atoms with E-state index in [1.54, 1.807) is 37.4 Å². The Morgan fingerprint density at radius 3 is 2.45 bits per heavy atom. The first-order valence-electron chi connectivity index (χ1n) is 6.38. The van der Waals surface area contributed by atoms with E-state index < -0.39 is 18.0 Å². The van der Waals surface area contributed by atoms with E-state index in [1.807, 2.05) is 6.92 Å². The number of nitrogens with one attached hydrogen (secondary N) is 2. The summed E-state index contributed by atoms with van der Waals surface area (Å²) in [7, 11) is 1.59. The zero-order chi connectivity index (χ0) is 15.0. The second kappa shape index (κ2) is 8.16. The van der Waals surface area contributed by atoms with Crippen molar-refractivity contribution in [2.24, 2.45) is 0 Å². The van der Waals surface area contributed by atoms with Crippen molar-refractivity contribution in [3.05, 3.63) is 35.9 Å². The van der Waals surface area contributed by atoms with Gasteiger partial charge in [0, 0.05) is 19.8 Å². The number of amides is 2. The molecule has 20 heavy (non-hydrogen) atoms. The number of ether oxygens (including phenoxy) is 1. The van der Waals surface area contributed by atoms with E-state index in [-0.39, 0.29) is 6.04 Å². The molecular weight excluding hydrogens is 260 g/mol. The average Bonchev–Trinajstić information content (AvgIpc) is 2.43. The highest BCUT2D eigenvalue weighted by Gasteiger charge is 2.22. The van der Waals surface area contributed by atoms with Gasteiger partial charge in [0.05, 0.1) is 0 Å². The van der Waals surface area contributed by atoms with Crippen LogP contribution in [0.2, 0.25) is 0 Å². The van der Waals surface area contributed by atoms with E-state index in [0.29, 0.717) is 18.6 Å². The van der Waals surface area contributed by atoms with Gasteiger partial charge < -0.3 is 20.5 Å². The maximum Gasteiger partial charge on any atom is 0.330 e. The van der Waals surface area contributed by atoms with Crippen molar-refractivity contribution in [2.45, 2.75) is 25.4 Å². The van der Waals surface area contributed by atoms with Gasteiger partial charge in [0.25, 0.3) is 0 Å². The molecule has 0 saturated heterocycles. The first kappa shape index (κ1) is 16.0. The summed E-state index contributed by atoms with van der Waals surface area (Å²) in [6.07, 6.45) is 0.660. The van der Waals surface area contributed by atoms with Gasteiger partial charge in [0.15, 0.2) is 6.04 Å². The molecule has 0 heterocycles. The van der Waals surface area contributed by atoms with Crippen molar-refractivity contribution in [1.82, 2.24) is 10.6 Å². The van der Waals surface area contributed by atoms with Gasteiger partial charge in [-0.05, 0) is 18.9 Å². The summed E-state index contributed by atoms with van der Waals surface area (Å²) in [6, 6.07) is 6.89. The van der Waals surface area contributed by atoms with Crippen molar-refractivity contribution in [1.29, 1.82) is 0 Å². The van der Waals surface area contributed by atoms with Crippen molar-refractivity contribution < 1.29 is 19.4 Å². The molecule has 0 aromatic heterocycles. The van der Waals surface area contributed by atoms with Gasteiger partial charge in [-0.2, -0.15) is 0 Å². The smallest absolute Gasteiger partial charge is 0.330 e. The number of hydrogen-bond acceptors (Lipinski definition) is 3. The fraction of sp³-hybridized carbons (Fsp3) is 0.429. The largest absolute Gasteiger partial charge is 0.479 e. The van der Waals surface area contributed by atoms with Crippen molar-refractivity contribution in [2.75, 3.05) is 13.7 Å². The SMILES string of the molecule is COCCC(C)NC(=O)N[C@H](C(=O)O)c1ccccc1. The van der Waals surface area contributed by atoms with Gasteiger partial charge in [-0.15, -0.1) is 0 Å². The lowest BCUT2D eigenvalue weighted by Crippen LogP contribution is -2.44. The summed E-state index contributed by atoms with van der Waals surface area (Å²) in [5, 5.41) is 14.3. The zero-order valence-electron chi connectivity index (χ0n) is 11.6. The summed E-state index contributed by atoms with van der Waals surface area (Å²) >= 11 is 0. The van der Waals surface area contributed by atoms with Crippen LogP contribution in [0.3, 0.4) is 0 Å². The van der Waals surface area contributed by atoms with E-state index in [9.17, 15) is 14.7 Å². The summed E-state index contributed by atoms with van der Waals surface area (Å²) in [6.45, 7) is 2.36. The van der Waals surface area contributed by atoms with Crippen LogP contribution in [0.1, 0.15) is 24.9 Å². The minimum absolute atomic E-state index is 0.0971. The molecule has 0 aliphatic carbocycles. The number of methoxy groups -OCH3 is 1. The van der Waals surface area contributed by atoms with E-state index in [4.69, 9.17) is 4.74 Å². The lowest BCUT2D eigenvalue weighted by atomic mass is 10.1. The number of carboxylic acid groups (broad SMARTS) is 1. The van der Waals surface area contributed by atoms with E-state index in [2.05, 4.69) is 10.6 Å². The highest BCUT2D eigenvalue weighted by Crippen LogP contribution is 2.12. The Labute approximate surface area is 118 Å². The molecule has 6 nitrogen and oxygen atoms in total. The molecule has 0 fully saturated rings. The Kier molecular flexibility index (Phi) is 6.52. The van der Waals surface area contributed by atoms with Crippen LogP contribution >= 0.6 is 0 Å². The third kappa shape index (κ3) is 5.27. The van der Waals surface area contributed by atoms with Crippen molar-refractivity contribution in [3.63, 3.8) is 0 Å². The molecule has 0 bridgehead atoms. The fourth-order valence-corrected chi connectivity index (χ4v) is 1.70. The Bertz CT molecular complexity index is 436. The van der Waals surface area contributed by atoms with Gasteiger partial charge in [-0.1, -0.05) is 30.3 Å². The molecule has 6 heteroatoms. The Morgan fingerprint density at radius 2 is 1.90 bits per heavy atom. The van der Waals surface area contributed by atoms with Gasteiger partial charge in [0.1, 0.15) is 0 Å². The topological polar surface area (TPSA) is 87.7 Å². The Morgan fingerprint density at radius 1 is 1.25 bits per heavy atom. The zero-order valence-corrected chi connectivity index (χ0v) is 11.6. The molecule has 0 aliphatic rings. The second-order valence-electron chi connectivity index (χ2n) is 4.48. The number of aliphatic carboxylic acids is 1. The maximum absolute atomic E-state index is 11.8. The molecule has 3 N–H and O–H groups in total. The van der Waals surface area contributed by atoms with Crippen LogP contribution in [0.15, 0.2) is 30.3 Å². The van der Waals surface area contributed by atoms with Crippen LogP contribution < -0.4 is 10.6 Å². The average molecular weight is 280 g/mol. The lowest BCUT2D eigenvalue weighted by molar-refractivity contribution is -0.139. The third-order valence-electron chi connectivity index (χ3n) is 2.79. The standard InChI is InChI=1S/C14H20N2O4/c1-10(8-9-20-2)15-14(19)16-12(13(17)18)11-6-4-3-5-7-11/h3-7,10,12H,8-9H2,1-2H3,(H,17,18)(H2,15,16,19)/t10?,12-/m0/s1.